The number of hydrogen-bond acceptors (Lipinski definition) is 6. The minimum Gasteiger partial charge on any atom is -0.497 e. The molecule has 3 rings (SSSR count). The lowest BCUT2D eigenvalue weighted by atomic mass is 9.92. The van der Waals surface area contributed by atoms with Crippen molar-refractivity contribution >= 4 is 29.1 Å². The van der Waals surface area contributed by atoms with E-state index in [1.807, 2.05) is 49.6 Å². The second kappa shape index (κ2) is 9.53. The summed E-state index contributed by atoms with van der Waals surface area (Å²) in [5.74, 6) is 2.52. The number of carbonyl (C=O) groups is 1. The van der Waals surface area contributed by atoms with Crippen molar-refractivity contribution in [3.63, 3.8) is 0 Å². The smallest absolute Gasteiger partial charge is 0.196 e. The third-order valence-corrected chi connectivity index (χ3v) is 5.56. The Morgan fingerprint density at radius 2 is 1.67 bits per heavy atom. The number of carbonyl (C=O) groups excluding carboxylic acids is 1. The molecule has 0 aliphatic heterocycles. The maximum atomic E-state index is 12.4. The van der Waals surface area contributed by atoms with Gasteiger partial charge < -0.3 is 9.47 Å². The second-order valence-corrected chi connectivity index (χ2v) is 9.02. The number of nitrogens with zero attached hydrogens (tertiary/aromatic N) is 3. The van der Waals surface area contributed by atoms with Crippen LogP contribution in [-0.2, 0) is 11.4 Å². The predicted octanol–water partition coefficient (Wildman–Crippen LogP) is 5.22. The molecule has 0 N–H and O–H groups in total. The third-order valence-electron chi connectivity index (χ3n) is 4.38. The Morgan fingerprint density at radius 3 is 2.27 bits per heavy atom. The first-order chi connectivity index (χ1) is 14.3. The molecule has 0 amide bonds. The van der Waals surface area contributed by atoms with Gasteiger partial charge in [0, 0.05) is 16.1 Å². The zero-order valence-electron chi connectivity index (χ0n) is 17.4. The molecule has 0 aliphatic carbocycles. The molecule has 0 aliphatic rings. The molecule has 0 bridgehead atoms. The van der Waals surface area contributed by atoms with Gasteiger partial charge in [0.25, 0.3) is 0 Å². The zero-order chi connectivity index (χ0) is 21.7. The Balaban J connectivity index is 1.86. The second-order valence-electron chi connectivity index (χ2n) is 7.64. The van der Waals surface area contributed by atoms with Crippen molar-refractivity contribution in [2.24, 2.45) is 5.41 Å². The first-order valence-electron chi connectivity index (χ1n) is 9.41. The van der Waals surface area contributed by atoms with Crippen molar-refractivity contribution in [2.45, 2.75) is 32.5 Å². The highest BCUT2D eigenvalue weighted by Gasteiger charge is 2.23. The summed E-state index contributed by atoms with van der Waals surface area (Å²) in [6.45, 7) is 5.95. The molecule has 2 aromatic carbocycles. The molecule has 0 atom stereocenters. The number of halogens is 1. The van der Waals surface area contributed by atoms with E-state index >= 15 is 0 Å². The summed E-state index contributed by atoms with van der Waals surface area (Å²) in [6, 6.07) is 14.7. The van der Waals surface area contributed by atoms with Crippen LogP contribution in [0.15, 0.2) is 53.7 Å². The van der Waals surface area contributed by atoms with E-state index in [2.05, 4.69) is 10.2 Å². The molecule has 0 radical (unpaired) electrons. The largest absolute Gasteiger partial charge is 0.497 e. The van der Waals surface area contributed by atoms with Crippen LogP contribution in [0, 0.1) is 5.41 Å². The molecule has 0 spiro atoms. The van der Waals surface area contributed by atoms with Gasteiger partial charge in [-0.2, -0.15) is 0 Å². The number of methoxy groups -OCH3 is 1. The average Bonchev–Trinajstić information content (AvgIpc) is 3.13. The van der Waals surface area contributed by atoms with Gasteiger partial charge in [-0.15, -0.1) is 10.2 Å². The van der Waals surface area contributed by atoms with Crippen LogP contribution in [0.4, 0.5) is 0 Å². The predicted molar refractivity (Wildman–Crippen MR) is 119 cm³/mol. The Morgan fingerprint density at radius 1 is 1.03 bits per heavy atom. The van der Waals surface area contributed by atoms with Gasteiger partial charge in [0.15, 0.2) is 11.0 Å². The van der Waals surface area contributed by atoms with Crippen LogP contribution in [-0.4, -0.2) is 33.4 Å². The van der Waals surface area contributed by atoms with Crippen molar-refractivity contribution in [1.29, 1.82) is 0 Å². The topological polar surface area (TPSA) is 66.2 Å². The summed E-state index contributed by atoms with van der Waals surface area (Å²) in [5, 5.41) is 9.89. The molecule has 6 nitrogen and oxygen atoms in total. The van der Waals surface area contributed by atoms with Crippen LogP contribution >= 0.6 is 23.4 Å². The molecule has 0 fully saturated rings. The molecule has 0 unspecified atom stereocenters. The molecule has 158 valence electrons. The highest BCUT2D eigenvalue weighted by atomic mass is 35.5. The van der Waals surface area contributed by atoms with Crippen molar-refractivity contribution in [3.8, 4) is 17.2 Å². The van der Waals surface area contributed by atoms with Crippen LogP contribution in [0.5, 0.6) is 11.5 Å². The zero-order valence-corrected chi connectivity index (χ0v) is 19.0. The monoisotopic (exact) mass is 445 g/mol. The fraction of sp³-hybridized carbons (Fsp3) is 0.318. The van der Waals surface area contributed by atoms with Gasteiger partial charge >= 0.3 is 0 Å². The molecule has 30 heavy (non-hydrogen) atoms. The Hall–Kier alpha value is -2.51. The lowest BCUT2D eigenvalue weighted by Crippen LogP contribution is -2.22. The molecule has 8 heteroatoms. The van der Waals surface area contributed by atoms with Crippen molar-refractivity contribution < 1.29 is 14.3 Å². The number of Topliss-reactive ketones (excluding diaryl/α,β-unsaturated/α-hetero) is 1. The minimum absolute atomic E-state index is 0.149. The number of hydrogen-bond donors (Lipinski definition) is 0. The van der Waals surface area contributed by atoms with E-state index in [4.69, 9.17) is 21.1 Å². The number of benzene rings is 2. The summed E-state index contributed by atoms with van der Waals surface area (Å²) in [6.07, 6.45) is 0. The summed E-state index contributed by atoms with van der Waals surface area (Å²) in [4.78, 5) is 12.4. The van der Waals surface area contributed by atoms with Crippen molar-refractivity contribution in [2.75, 3.05) is 12.9 Å². The first-order valence-corrected chi connectivity index (χ1v) is 10.8. The summed E-state index contributed by atoms with van der Waals surface area (Å²) >= 11 is 7.30. The van der Waals surface area contributed by atoms with Crippen LogP contribution < -0.4 is 9.47 Å². The molecule has 3 aromatic rings. The van der Waals surface area contributed by atoms with Crippen LogP contribution in [0.3, 0.4) is 0 Å². The van der Waals surface area contributed by atoms with E-state index in [0.29, 0.717) is 27.5 Å². The van der Waals surface area contributed by atoms with Crippen LogP contribution in [0.1, 0.15) is 26.6 Å². The van der Waals surface area contributed by atoms with Gasteiger partial charge in [0.05, 0.1) is 12.9 Å². The molecule has 0 saturated carbocycles. The standard InChI is InChI=1S/C22H24ClN3O3S/c1-22(2,3)19(27)14-30-21-25-24-20(13-29-18-9-5-15(23)6-10-18)26(21)16-7-11-17(28-4)12-8-16/h5-12H,13-14H2,1-4H3. The van der Waals surface area contributed by atoms with E-state index in [0.717, 1.165) is 11.4 Å². The summed E-state index contributed by atoms with van der Waals surface area (Å²) < 4.78 is 13.0. The molecular weight excluding hydrogens is 422 g/mol. The number of rotatable bonds is 8. The maximum absolute atomic E-state index is 12.4. The fourth-order valence-electron chi connectivity index (χ4n) is 2.50. The quantitative estimate of drug-likeness (QED) is 0.443. The maximum Gasteiger partial charge on any atom is 0.196 e. The number of ether oxygens (including phenoxy) is 2. The summed E-state index contributed by atoms with van der Waals surface area (Å²) in [5.41, 5.74) is 0.458. The lowest BCUT2D eigenvalue weighted by Gasteiger charge is -2.16. The number of thioether (sulfide) groups is 1. The van der Waals surface area contributed by atoms with Gasteiger partial charge in [0.1, 0.15) is 23.9 Å². The van der Waals surface area contributed by atoms with E-state index in [1.165, 1.54) is 11.8 Å². The Bertz CT molecular complexity index is 996. The van der Waals surface area contributed by atoms with E-state index in [1.54, 1.807) is 31.4 Å². The fourth-order valence-corrected chi connectivity index (χ4v) is 3.76. The third kappa shape index (κ3) is 5.55. The highest BCUT2D eigenvalue weighted by Crippen LogP contribution is 2.27. The van der Waals surface area contributed by atoms with E-state index < -0.39 is 5.41 Å². The van der Waals surface area contributed by atoms with Gasteiger partial charge in [-0.05, 0) is 48.5 Å². The van der Waals surface area contributed by atoms with Crippen molar-refractivity contribution in [1.82, 2.24) is 14.8 Å². The average molecular weight is 446 g/mol. The van der Waals surface area contributed by atoms with Gasteiger partial charge in [-0.3, -0.25) is 9.36 Å². The Kier molecular flexibility index (Phi) is 7.05. The first kappa shape index (κ1) is 22.2. The highest BCUT2D eigenvalue weighted by molar-refractivity contribution is 7.99. The minimum atomic E-state index is -0.404. The number of aromatic nitrogens is 3. The molecule has 0 saturated heterocycles. The van der Waals surface area contributed by atoms with E-state index in [9.17, 15) is 4.79 Å². The van der Waals surface area contributed by atoms with Crippen molar-refractivity contribution in [3.05, 3.63) is 59.4 Å². The van der Waals surface area contributed by atoms with E-state index in [-0.39, 0.29) is 12.4 Å². The van der Waals surface area contributed by atoms with Gasteiger partial charge in [0.2, 0.25) is 0 Å². The van der Waals surface area contributed by atoms with Gasteiger partial charge in [-0.25, -0.2) is 0 Å². The normalized spacial score (nSPS) is 11.4. The van der Waals surface area contributed by atoms with Crippen LogP contribution in [0.2, 0.25) is 5.02 Å². The SMILES string of the molecule is COc1ccc(-n2c(COc3ccc(Cl)cc3)nnc2SCC(=O)C(C)(C)C)cc1. The molecule has 1 heterocycles. The molecular formula is C22H24ClN3O3S. The molecule has 1 aromatic heterocycles. The Labute approximate surface area is 185 Å². The lowest BCUT2D eigenvalue weighted by molar-refractivity contribution is -0.123. The van der Waals surface area contributed by atoms with Gasteiger partial charge in [-0.1, -0.05) is 44.1 Å². The summed E-state index contributed by atoms with van der Waals surface area (Å²) in [7, 11) is 1.62. The number of ketones is 1. The van der Waals surface area contributed by atoms with Crippen LogP contribution in [0.25, 0.3) is 5.69 Å².